The number of methoxy groups -OCH3 is 1. The van der Waals surface area contributed by atoms with Crippen LogP contribution >= 0.6 is 0 Å². The summed E-state index contributed by atoms with van der Waals surface area (Å²) in [6, 6.07) is 15.6. The van der Waals surface area contributed by atoms with Crippen molar-refractivity contribution in [3.8, 4) is 0 Å². The molecule has 1 atom stereocenters. The van der Waals surface area contributed by atoms with Crippen LogP contribution in [-0.2, 0) is 16.0 Å². The average molecular weight is 408 g/mol. The molecule has 0 saturated heterocycles. The van der Waals surface area contributed by atoms with E-state index in [2.05, 4.69) is 20.8 Å². The summed E-state index contributed by atoms with van der Waals surface area (Å²) < 4.78 is 9.66. The Morgan fingerprint density at radius 3 is 2.50 bits per heavy atom. The van der Waals surface area contributed by atoms with Gasteiger partial charge in [-0.1, -0.05) is 47.6 Å². The van der Waals surface area contributed by atoms with Gasteiger partial charge in [-0.25, -0.2) is 4.79 Å². The highest BCUT2D eigenvalue weighted by molar-refractivity contribution is 6.01. The van der Waals surface area contributed by atoms with Crippen molar-refractivity contribution >= 4 is 23.5 Å². The average Bonchev–Trinajstić information content (AvgIpc) is 3.22. The quantitative estimate of drug-likeness (QED) is 0.576. The van der Waals surface area contributed by atoms with Crippen molar-refractivity contribution in [1.29, 1.82) is 0 Å². The SMILES string of the molecule is COC(=O)c1ccccc1NC(=O)Cc1noc(C(=O)NC(C)c2ccccc2)n1. The van der Waals surface area contributed by atoms with E-state index in [1.165, 1.54) is 13.2 Å². The number of para-hydroxylation sites is 1. The smallest absolute Gasteiger partial charge is 0.339 e. The fourth-order valence-electron chi connectivity index (χ4n) is 2.72. The lowest BCUT2D eigenvalue weighted by Crippen LogP contribution is -2.27. The lowest BCUT2D eigenvalue weighted by Gasteiger charge is -2.12. The first kappa shape index (κ1) is 20.7. The van der Waals surface area contributed by atoms with Gasteiger partial charge in [0.1, 0.15) is 0 Å². The number of ether oxygens (including phenoxy) is 1. The number of esters is 1. The van der Waals surface area contributed by atoms with E-state index in [-0.39, 0.29) is 29.7 Å². The van der Waals surface area contributed by atoms with Crippen LogP contribution in [0.3, 0.4) is 0 Å². The number of nitrogens with zero attached hydrogens (tertiary/aromatic N) is 2. The van der Waals surface area contributed by atoms with Gasteiger partial charge in [-0.05, 0) is 24.6 Å². The number of rotatable bonds is 7. The summed E-state index contributed by atoms with van der Waals surface area (Å²) in [6.45, 7) is 1.83. The molecule has 0 saturated carbocycles. The molecule has 1 heterocycles. The number of anilines is 1. The minimum absolute atomic E-state index is 0.0422. The van der Waals surface area contributed by atoms with Crippen molar-refractivity contribution in [3.05, 3.63) is 77.4 Å². The van der Waals surface area contributed by atoms with Gasteiger partial charge in [0, 0.05) is 0 Å². The van der Waals surface area contributed by atoms with Crippen LogP contribution < -0.4 is 10.6 Å². The Hall–Kier alpha value is -4.01. The van der Waals surface area contributed by atoms with E-state index >= 15 is 0 Å². The molecule has 9 nitrogen and oxygen atoms in total. The molecule has 0 radical (unpaired) electrons. The first-order valence-electron chi connectivity index (χ1n) is 9.13. The van der Waals surface area contributed by atoms with E-state index in [0.29, 0.717) is 5.69 Å². The molecule has 2 amide bonds. The molecule has 0 fully saturated rings. The predicted octanol–water partition coefficient (Wildman–Crippen LogP) is 2.53. The van der Waals surface area contributed by atoms with Crippen LogP contribution in [-0.4, -0.2) is 35.0 Å². The van der Waals surface area contributed by atoms with Gasteiger partial charge in [0.05, 0.1) is 30.8 Å². The van der Waals surface area contributed by atoms with E-state index in [1.54, 1.807) is 18.2 Å². The van der Waals surface area contributed by atoms with Gasteiger partial charge < -0.3 is 19.9 Å². The first-order chi connectivity index (χ1) is 14.5. The summed E-state index contributed by atoms with van der Waals surface area (Å²) >= 11 is 0. The van der Waals surface area contributed by atoms with Gasteiger partial charge in [-0.2, -0.15) is 4.98 Å². The largest absolute Gasteiger partial charge is 0.465 e. The van der Waals surface area contributed by atoms with Crippen LogP contribution in [0, 0.1) is 0 Å². The first-order valence-corrected chi connectivity index (χ1v) is 9.13. The van der Waals surface area contributed by atoms with E-state index in [9.17, 15) is 14.4 Å². The molecule has 3 aromatic rings. The normalized spacial score (nSPS) is 11.4. The predicted molar refractivity (Wildman–Crippen MR) is 107 cm³/mol. The van der Waals surface area contributed by atoms with E-state index < -0.39 is 17.8 Å². The Labute approximate surface area is 172 Å². The molecule has 30 heavy (non-hydrogen) atoms. The van der Waals surface area contributed by atoms with Crippen LogP contribution in [0.4, 0.5) is 5.69 Å². The molecule has 3 rings (SSSR count). The maximum Gasteiger partial charge on any atom is 0.339 e. The lowest BCUT2D eigenvalue weighted by molar-refractivity contribution is -0.115. The molecule has 0 aliphatic rings. The maximum absolute atomic E-state index is 12.3. The van der Waals surface area contributed by atoms with Crippen molar-refractivity contribution in [2.75, 3.05) is 12.4 Å². The zero-order valence-corrected chi connectivity index (χ0v) is 16.4. The Morgan fingerprint density at radius 1 is 1.07 bits per heavy atom. The maximum atomic E-state index is 12.3. The lowest BCUT2D eigenvalue weighted by atomic mass is 10.1. The highest BCUT2D eigenvalue weighted by Crippen LogP contribution is 2.16. The van der Waals surface area contributed by atoms with Gasteiger partial charge in [0.25, 0.3) is 0 Å². The van der Waals surface area contributed by atoms with Crippen molar-refractivity contribution in [1.82, 2.24) is 15.5 Å². The molecule has 0 spiro atoms. The molecule has 1 unspecified atom stereocenters. The number of amides is 2. The summed E-state index contributed by atoms with van der Waals surface area (Å²) in [7, 11) is 1.26. The van der Waals surface area contributed by atoms with E-state index in [0.717, 1.165) is 5.56 Å². The van der Waals surface area contributed by atoms with E-state index in [1.807, 2.05) is 37.3 Å². The molecule has 0 aliphatic heterocycles. The molecular weight excluding hydrogens is 388 g/mol. The monoisotopic (exact) mass is 408 g/mol. The molecule has 2 N–H and O–H groups in total. The Morgan fingerprint density at radius 2 is 1.77 bits per heavy atom. The number of benzene rings is 2. The Kier molecular flexibility index (Phi) is 6.53. The van der Waals surface area contributed by atoms with Crippen molar-refractivity contribution in [3.63, 3.8) is 0 Å². The highest BCUT2D eigenvalue weighted by Gasteiger charge is 2.20. The third-order valence-electron chi connectivity index (χ3n) is 4.23. The summed E-state index contributed by atoms with van der Waals surface area (Å²) in [5, 5.41) is 9.04. The summed E-state index contributed by atoms with van der Waals surface area (Å²) in [4.78, 5) is 40.4. The molecular formula is C21H20N4O5. The van der Waals surface area contributed by atoms with Gasteiger partial charge in [-0.3, -0.25) is 9.59 Å². The second-order valence-electron chi connectivity index (χ2n) is 6.38. The van der Waals surface area contributed by atoms with Crippen LogP contribution in [0.2, 0.25) is 0 Å². The summed E-state index contributed by atoms with van der Waals surface area (Å²) in [5.41, 5.74) is 1.44. The molecule has 9 heteroatoms. The van der Waals surface area contributed by atoms with Crippen LogP contribution in [0.15, 0.2) is 59.1 Å². The van der Waals surface area contributed by atoms with Crippen LogP contribution in [0.1, 0.15) is 45.4 Å². The van der Waals surface area contributed by atoms with E-state index in [4.69, 9.17) is 9.26 Å². The second-order valence-corrected chi connectivity index (χ2v) is 6.38. The summed E-state index contributed by atoms with van der Waals surface area (Å²) in [5.74, 6) is -1.79. The number of carbonyl (C=O) groups excluding carboxylic acids is 3. The molecule has 0 aliphatic carbocycles. The fourth-order valence-corrected chi connectivity index (χ4v) is 2.72. The molecule has 2 aromatic carbocycles. The third kappa shape index (κ3) is 5.07. The summed E-state index contributed by atoms with van der Waals surface area (Å²) in [6.07, 6.45) is -0.236. The number of aromatic nitrogens is 2. The van der Waals surface area contributed by atoms with Gasteiger partial charge in [-0.15, -0.1) is 0 Å². The molecule has 0 bridgehead atoms. The zero-order valence-electron chi connectivity index (χ0n) is 16.4. The minimum atomic E-state index is -0.572. The van der Waals surface area contributed by atoms with Gasteiger partial charge in [0.15, 0.2) is 5.82 Å². The highest BCUT2D eigenvalue weighted by atomic mass is 16.5. The minimum Gasteiger partial charge on any atom is -0.465 e. The van der Waals surface area contributed by atoms with Gasteiger partial charge >= 0.3 is 17.8 Å². The van der Waals surface area contributed by atoms with Crippen LogP contribution in [0.5, 0.6) is 0 Å². The fraction of sp³-hybridized carbons (Fsp3) is 0.190. The van der Waals surface area contributed by atoms with Crippen molar-refractivity contribution in [2.45, 2.75) is 19.4 Å². The van der Waals surface area contributed by atoms with Crippen molar-refractivity contribution in [2.24, 2.45) is 0 Å². The Bertz CT molecular complexity index is 1050. The number of hydrogen-bond acceptors (Lipinski definition) is 7. The standard InChI is InChI=1S/C21H20N4O5/c1-13(14-8-4-3-5-9-14)22-19(27)20-24-17(25-30-20)12-18(26)23-16-11-7-6-10-15(16)21(28)29-2/h3-11,13H,12H2,1-2H3,(H,22,27)(H,23,26). The second kappa shape index (κ2) is 9.46. The van der Waals surface area contributed by atoms with Crippen molar-refractivity contribution < 1.29 is 23.6 Å². The number of nitrogens with one attached hydrogen (secondary N) is 2. The van der Waals surface area contributed by atoms with Gasteiger partial charge in [0.2, 0.25) is 5.91 Å². The third-order valence-corrected chi connectivity index (χ3v) is 4.23. The van der Waals surface area contributed by atoms with Crippen LogP contribution in [0.25, 0.3) is 0 Å². The molecule has 1 aromatic heterocycles. The number of carbonyl (C=O) groups is 3. The Balaban J connectivity index is 1.61. The zero-order chi connectivity index (χ0) is 21.5. The molecule has 154 valence electrons. The topological polar surface area (TPSA) is 123 Å². The number of hydrogen-bond donors (Lipinski definition) is 2.